The summed E-state index contributed by atoms with van der Waals surface area (Å²) in [5.74, 6) is -0.926. The van der Waals surface area contributed by atoms with Gasteiger partial charge in [-0.15, -0.1) is 0 Å². The van der Waals surface area contributed by atoms with Gasteiger partial charge in [0.05, 0.1) is 5.56 Å². The second kappa shape index (κ2) is 5.10. The van der Waals surface area contributed by atoms with E-state index < -0.39 is 5.97 Å². The number of halogens is 1. The van der Waals surface area contributed by atoms with E-state index in [2.05, 4.69) is 20.9 Å². The molecular formula is C13H10BrNO2. The van der Waals surface area contributed by atoms with E-state index in [1.165, 1.54) is 0 Å². The number of hydrogen-bond donors (Lipinski definition) is 1. The molecular weight excluding hydrogens is 282 g/mol. The number of rotatable bonds is 3. The van der Waals surface area contributed by atoms with E-state index in [4.69, 9.17) is 5.11 Å². The molecule has 1 aromatic carbocycles. The van der Waals surface area contributed by atoms with Crippen LogP contribution in [0.2, 0.25) is 0 Å². The number of carboxylic acids is 1. The molecule has 0 spiro atoms. The van der Waals surface area contributed by atoms with Crippen LogP contribution in [0, 0.1) is 0 Å². The Morgan fingerprint density at radius 1 is 1.29 bits per heavy atom. The third-order valence-electron chi connectivity index (χ3n) is 2.39. The fourth-order valence-electron chi connectivity index (χ4n) is 1.58. The SMILES string of the molecule is O=C(O)c1cc(Cc2cccnc2)ccc1Br. The van der Waals surface area contributed by atoms with E-state index in [-0.39, 0.29) is 5.56 Å². The van der Waals surface area contributed by atoms with E-state index in [9.17, 15) is 4.79 Å². The van der Waals surface area contributed by atoms with Crippen molar-refractivity contribution >= 4 is 21.9 Å². The largest absolute Gasteiger partial charge is 0.478 e. The number of benzene rings is 1. The van der Waals surface area contributed by atoms with Crippen molar-refractivity contribution < 1.29 is 9.90 Å². The zero-order chi connectivity index (χ0) is 12.3. The van der Waals surface area contributed by atoms with Gasteiger partial charge in [0.15, 0.2) is 0 Å². The third kappa shape index (κ3) is 2.91. The minimum atomic E-state index is -0.926. The van der Waals surface area contributed by atoms with Crippen LogP contribution in [0.25, 0.3) is 0 Å². The molecule has 0 atom stereocenters. The van der Waals surface area contributed by atoms with Crippen LogP contribution in [0.5, 0.6) is 0 Å². The first-order valence-corrected chi connectivity index (χ1v) is 5.87. The standard InChI is InChI=1S/C13H10BrNO2/c14-12-4-3-9(7-11(12)13(16)17)6-10-2-1-5-15-8-10/h1-5,7-8H,6H2,(H,16,17). The lowest BCUT2D eigenvalue weighted by molar-refractivity contribution is 0.0696. The first-order chi connectivity index (χ1) is 8.16. The number of aromatic nitrogens is 1. The summed E-state index contributed by atoms with van der Waals surface area (Å²) in [5.41, 5.74) is 2.30. The van der Waals surface area contributed by atoms with Crippen molar-refractivity contribution in [2.75, 3.05) is 0 Å². The summed E-state index contributed by atoms with van der Waals surface area (Å²) in [6, 6.07) is 9.18. The Hall–Kier alpha value is -1.68. The molecule has 0 fully saturated rings. The maximum atomic E-state index is 11.0. The fourth-order valence-corrected chi connectivity index (χ4v) is 2.00. The molecule has 0 saturated heterocycles. The summed E-state index contributed by atoms with van der Waals surface area (Å²) in [6.07, 6.45) is 4.18. The van der Waals surface area contributed by atoms with Crippen LogP contribution in [-0.4, -0.2) is 16.1 Å². The van der Waals surface area contributed by atoms with Gasteiger partial charge in [-0.1, -0.05) is 12.1 Å². The second-order valence-electron chi connectivity index (χ2n) is 3.66. The molecule has 2 rings (SSSR count). The predicted octanol–water partition coefficient (Wildman–Crippen LogP) is 3.13. The van der Waals surface area contributed by atoms with Crippen molar-refractivity contribution in [2.45, 2.75) is 6.42 Å². The van der Waals surface area contributed by atoms with Crippen molar-refractivity contribution in [2.24, 2.45) is 0 Å². The van der Waals surface area contributed by atoms with Gasteiger partial charge in [0, 0.05) is 16.9 Å². The summed E-state index contributed by atoms with van der Waals surface area (Å²) in [7, 11) is 0. The molecule has 3 nitrogen and oxygen atoms in total. The highest BCUT2D eigenvalue weighted by Gasteiger charge is 2.09. The molecule has 0 saturated carbocycles. The van der Waals surface area contributed by atoms with Crippen LogP contribution in [0.4, 0.5) is 0 Å². The summed E-state index contributed by atoms with van der Waals surface area (Å²) >= 11 is 3.22. The number of aromatic carboxylic acids is 1. The lowest BCUT2D eigenvalue weighted by Crippen LogP contribution is -1.99. The maximum absolute atomic E-state index is 11.0. The van der Waals surface area contributed by atoms with Gasteiger partial charge in [0.25, 0.3) is 0 Å². The molecule has 1 heterocycles. The Morgan fingerprint density at radius 3 is 2.76 bits per heavy atom. The van der Waals surface area contributed by atoms with Crippen molar-refractivity contribution in [1.82, 2.24) is 4.98 Å². The quantitative estimate of drug-likeness (QED) is 0.945. The van der Waals surface area contributed by atoms with Gasteiger partial charge < -0.3 is 5.11 Å². The number of hydrogen-bond acceptors (Lipinski definition) is 2. The topological polar surface area (TPSA) is 50.2 Å². The predicted molar refractivity (Wildman–Crippen MR) is 68.1 cm³/mol. The Kier molecular flexibility index (Phi) is 3.54. The molecule has 0 unspecified atom stereocenters. The van der Waals surface area contributed by atoms with E-state index in [0.717, 1.165) is 11.1 Å². The molecule has 4 heteroatoms. The number of pyridine rings is 1. The molecule has 2 aromatic rings. The first kappa shape index (κ1) is 11.8. The van der Waals surface area contributed by atoms with E-state index in [1.54, 1.807) is 24.5 Å². The van der Waals surface area contributed by atoms with E-state index >= 15 is 0 Å². The fraction of sp³-hybridized carbons (Fsp3) is 0.0769. The molecule has 0 aliphatic rings. The van der Waals surface area contributed by atoms with Gasteiger partial charge in [-0.2, -0.15) is 0 Å². The van der Waals surface area contributed by atoms with Crippen molar-refractivity contribution in [3.05, 3.63) is 63.9 Å². The van der Waals surface area contributed by atoms with Crippen molar-refractivity contribution in [3.63, 3.8) is 0 Å². The zero-order valence-corrected chi connectivity index (χ0v) is 10.5. The molecule has 17 heavy (non-hydrogen) atoms. The van der Waals surface area contributed by atoms with E-state index in [1.807, 2.05) is 18.2 Å². The Bertz CT molecular complexity index is 540. The lowest BCUT2D eigenvalue weighted by atomic mass is 10.0. The maximum Gasteiger partial charge on any atom is 0.336 e. The molecule has 1 aromatic heterocycles. The highest BCUT2D eigenvalue weighted by atomic mass is 79.9. The normalized spacial score (nSPS) is 10.2. The van der Waals surface area contributed by atoms with Gasteiger partial charge >= 0.3 is 5.97 Å². The molecule has 0 amide bonds. The van der Waals surface area contributed by atoms with Crippen LogP contribution in [0.15, 0.2) is 47.2 Å². The molecule has 86 valence electrons. The summed E-state index contributed by atoms with van der Waals surface area (Å²) in [5, 5.41) is 9.01. The lowest BCUT2D eigenvalue weighted by Gasteiger charge is -2.04. The average Bonchev–Trinajstić information content (AvgIpc) is 2.32. The summed E-state index contributed by atoms with van der Waals surface area (Å²) in [6.45, 7) is 0. The van der Waals surface area contributed by atoms with Crippen LogP contribution in [0.1, 0.15) is 21.5 Å². The summed E-state index contributed by atoms with van der Waals surface area (Å²) in [4.78, 5) is 15.0. The Labute approximate surface area is 107 Å². The minimum Gasteiger partial charge on any atom is -0.478 e. The Balaban J connectivity index is 2.29. The van der Waals surface area contributed by atoms with Crippen LogP contribution < -0.4 is 0 Å². The van der Waals surface area contributed by atoms with Crippen LogP contribution in [0.3, 0.4) is 0 Å². The van der Waals surface area contributed by atoms with Gasteiger partial charge in [0.2, 0.25) is 0 Å². The molecule has 0 bridgehead atoms. The summed E-state index contributed by atoms with van der Waals surface area (Å²) < 4.78 is 0.597. The number of carboxylic acid groups (broad SMARTS) is 1. The number of carbonyl (C=O) groups is 1. The molecule has 1 N–H and O–H groups in total. The van der Waals surface area contributed by atoms with Crippen LogP contribution in [-0.2, 0) is 6.42 Å². The highest BCUT2D eigenvalue weighted by Crippen LogP contribution is 2.20. The monoisotopic (exact) mass is 291 g/mol. The smallest absolute Gasteiger partial charge is 0.336 e. The molecule has 0 aliphatic heterocycles. The zero-order valence-electron chi connectivity index (χ0n) is 8.93. The highest BCUT2D eigenvalue weighted by molar-refractivity contribution is 9.10. The van der Waals surface area contributed by atoms with Gasteiger partial charge in [-0.3, -0.25) is 4.98 Å². The first-order valence-electron chi connectivity index (χ1n) is 5.07. The van der Waals surface area contributed by atoms with Gasteiger partial charge in [-0.25, -0.2) is 4.79 Å². The number of nitrogens with zero attached hydrogens (tertiary/aromatic N) is 1. The van der Waals surface area contributed by atoms with Gasteiger partial charge in [-0.05, 0) is 51.7 Å². The van der Waals surface area contributed by atoms with Crippen molar-refractivity contribution in [1.29, 1.82) is 0 Å². The van der Waals surface area contributed by atoms with Crippen molar-refractivity contribution in [3.8, 4) is 0 Å². The average molecular weight is 292 g/mol. The third-order valence-corrected chi connectivity index (χ3v) is 3.08. The molecule has 0 radical (unpaired) electrons. The van der Waals surface area contributed by atoms with Gasteiger partial charge in [0.1, 0.15) is 0 Å². The van der Waals surface area contributed by atoms with Crippen LogP contribution >= 0.6 is 15.9 Å². The minimum absolute atomic E-state index is 0.284. The second-order valence-corrected chi connectivity index (χ2v) is 4.51. The Morgan fingerprint density at radius 2 is 2.12 bits per heavy atom. The molecule has 0 aliphatic carbocycles. The van der Waals surface area contributed by atoms with E-state index in [0.29, 0.717) is 10.9 Å².